The number of carbonyl (C=O) groups is 1. The Hall–Kier alpha value is -2.59. The van der Waals surface area contributed by atoms with Gasteiger partial charge in [0.05, 0.1) is 20.5 Å². The molecule has 0 aliphatic carbocycles. The summed E-state index contributed by atoms with van der Waals surface area (Å²) in [6.07, 6.45) is 3.11. The van der Waals surface area contributed by atoms with Crippen molar-refractivity contribution in [2.75, 3.05) is 27.3 Å². The number of hydrogen-bond donors (Lipinski definition) is 0. The van der Waals surface area contributed by atoms with Crippen LogP contribution in [0, 0.1) is 5.41 Å². The van der Waals surface area contributed by atoms with E-state index in [9.17, 15) is 4.79 Å². The Balaban J connectivity index is 1.93. The van der Waals surface area contributed by atoms with Gasteiger partial charge in [0, 0.05) is 19.6 Å². The zero-order chi connectivity index (χ0) is 19.1. The number of rotatable bonds is 6. The molecule has 2 aromatic rings. The SMILES string of the molecule is COC=C1CCN(Cc2ccccc2)CC1(Cc1ccccc1)C(=O)OC. The number of likely N-dealkylation sites (tertiary alicyclic amines) is 1. The van der Waals surface area contributed by atoms with Crippen LogP contribution in [0.25, 0.3) is 0 Å². The number of piperidine rings is 1. The standard InChI is InChI=1S/C23H27NO3/c1-26-17-21-13-14-24(16-20-11-7-4-8-12-20)18-23(21,22(25)27-2)15-19-9-5-3-6-10-19/h3-12,17H,13-16,18H2,1-2H3. The molecule has 1 fully saturated rings. The molecule has 1 aliphatic rings. The Labute approximate surface area is 161 Å². The third kappa shape index (κ3) is 4.40. The van der Waals surface area contributed by atoms with E-state index >= 15 is 0 Å². The van der Waals surface area contributed by atoms with Gasteiger partial charge in [-0.3, -0.25) is 9.69 Å². The summed E-state index contributed by atoms with van der Waals surface area (Å²) < 4.78 is 10.6. The number of ether oxygens (including phenoxy) is 2. The highest BCUT2D eigenvalue weighted by Gasteiger charge is 2.47. The zero-order valence-corrected chi connectivity index (χ0v) is 16.1. The fourth-order valence-corrected chi connectivity index (χ4v) is 3.95. The summed E-state index contributed by atoms with van der Waals surface area (Å²) in [5.41, 5.74) is 2.63. The van der Waals surface area contributed by atoms with Gasteiger partial charge in [-0.2, -0.15) is 0 Å². The highest BCUT2D eigenvalue weighted by molar-refractivity contribution is 5.81. The van der Waals surface area contributed by atoms with Crippen LogP contribution in [0.2, 0.25) is 0 Å². The van der Waals surface area contributed by atoms with Crippen molar-refractivity contribution in [1.29, 1.82) is 0 Å². The summed E-state index contributed by atoms with van der Waals surface area (Å²) in [6, 6.07) is 20.5. The van der Waals surface area contributed by atoms with Crippen LogP contribution >= 0.6 is 0 Å². The molecule has 2 aromatic carbocycles. The molecule has 142 valence electrons. The second-order valence-electron chi connectivity index (χ2n) is 7.06. The summed E-state index contributed by atoms with van der Waals surface area (Å²) in [5.74, 6) is -0.201. The first-order chi connectivity index (χ1) is 13.2. The van der Waals surface area contributed by atoms with Crippen molar-refractivity contribution < 1.29 is 14.3 Å². The van der Waals surface area contributed by atoms with Crippen molar-refractivity contribution in [2.24, 2.45) is 5.41 Å². The van der Waals surface area contributed by atoms with Crippen LogP contribution in [0.5, 0.6) is 0 Å². The Morgan fingerprint density at radius 2 is 1.67 bits per heavy atom. The van der Waals surface area contributed by atoms with Gasteiger partial charge in [0.15, 0.2) is 0 Å². The number of nitrogens with zero attached hydrogens (tertiary/aromatic N) is 1. The summed E-state index contributed by atoms with van der Waals surface area (Å²) in [7, 11) is 3.10. The van der Waals surface area contributed by atoms with E-state index < -0.39 is 5.41 Å². The quantitative estimate of drug-likeness (QED) is 0.576. The Kier molecular flexibility index (Phi) is 6.30. The number of esters is 1. The van der Waals surface area contributed by atoms with E-state index in [4.69, 9.17) is 9.47 Å². The molecule has 0 radical (unpaired) electrons. The fraction of sp³-hybridized carbons (Fsp3) is 0.348. The first-order valence-electron chi connectivity index (χ1n) is 9.29. The summed E-state index contributed by atoms with van der Waals surface area (Å²) in [6.45, 7) is 2.31. The van der Waals surface area contributed by atoms with E-state index in [0.29, 0.717) is 13.0 Å². The van der Waals surface area contributed by atoms with Crippen LogP contribution in [0.1, 0.15) is 17.5 Å². The summed E-state index contributed by atoms with van der Waals surface area (Å²) in [5, 5.41) is 0. The van der Waals surface area contributed by atoms with Crippen LogP contribution < -0.4 is 0 Å². The molecule has 1 atom stereocenters. The number of methoxy groups -OCH3 is 2. The van der Waals surface area contributed by atoms with Crippen LogP contribution in [-0.2, 0) is 27.2 Å². The van der Waals surface area contributed by atoms with Gasteiger partial charge in [-0.15, -0.1) is 0 Å². The minimum Gasteiger partial charge on any atom is -0.504 e. The highest BCUT2D eigenvalue weighted by Crippen LogP contribution is 2.40. The maximum Gasteiger partial charge on any atom is 0.317 e. The fourth-order valence-electron chi connectivity index (χ4n) is 3.95. The van der Waals surface area contributed by atoms with Gasteiger partial charge >= 0.3 is 5.97 Å². The maximum atomic E-state index is 13.0. The normalized spacial score (nSPS) is 21.8. The van der Waals surface area contributed by atoms with E-state index in [-0.39, 0.29) is 5.97 Å². The van der Waals surface area contributed by atoms with Crippen molar-refractivity contribution in [2.45, 2.75) is 19.4 Å². The molecule has 1 saturated heterocycles. The van der Waals surface area contributed by atoms with Gasteiger partial charge in [0.1, 0.15) is 5.41 Å². The van der Waals surface area contributed by atoms with Crippen LogP contribution in [0.3, 0.4) is 0 Å². The molecule has 1 heterocycles. The average Bonchev–Trinajstić information content (AvgIpc) is 2.71. The number of carbonyl (C=O) groups excluding carboxylic acids is 1. The lowest BCUT2D eigenvalue weighted by Crippen LogP contribution is -2.51. The van der Waals surface area contributed by atoms with E-state index in [1.165, 1.54) is 12.7 Å². The highest BCUT2D eigenvalue weighted by atomic mass is 16.5. The van der Waals surface area contributed by atoms with Crippen molar-refractivity contribution in [3.63, 3.8) is 0 Å². The molecule has 1 aliphatic heterocycles. The van der Waals surface area contributed by atoms with Gasteiger partial charge in [-0.25, -0.2) is 0 Å². The predicted octanol–water partition coefficient (Wildman–Crippen LogP) is 3.82. The summed E-state index contributed by atoms with van der Waals surface area (Å²) >= 11 is 0. The topological polar surface area (TPSA) is 38.8 Å². The second-order valence-corrected chi connectivity index (χ2v) is 7.06. The molecule has 4 heteroatoms. The largest absolute Gasteiger partial charge is 0.504 e. The first kappa shape index (κ1) is 19.2. The molecular formula is C23H27NO3. The molecule has 0 spiro atoms. The minimum absolute atomic E-state index is 0.201. The second kappa shape index (κ2) is 8.87. The molecule has 0 saturated carbocycles. The number of hydrogen-bond acceptors (Lipinski definition) is 4. The lowest BCUT2D eigenvalue weighted by Gasteiger charge is -2.42. The molecule has 27 heavy (non-hydrogen) atoms. The van der Waals surface area contributed by atoms with Gasteiger partial charge < -0.3 is 9.47 Å². The average molecular weight is 365 g/mol. The number of benzene rings is 2. The third-order valence-electron chi connectivity index (χ3n) is 5.24. The Bertz CT molecular complexity index is 773. The molecule has 0 bridgehead atoms. The zero-order valence-electron chi connectivity index (χ0n) is 16.1. The van der Waals surface area contributed by atoms with Crippen molar-refractivity contribution in [1.82, 2.24) is 4.90 Å². The van der Waals surface area contributed by atoms with Crippen LogP contribution in [-0.4, -0.2) is 38.2 Å². The molecular weight excluding hydrogens is 338 g/mol. The van der Waals surface area contributed by atoms with E-state index in [1.54, 1.807) is 13.4 Å². The van der Waals surface area contributed by atoms with Crippen LogP contribution in [0.4, 0.5) is 0 Å². The van der Waals surface area contributed by atoms with Gasteiger partial charge in [0.25, 0.3) is 0 Å². The van der Waals surface area contributed by atoms with Crippen molar-refractivity contribution >= 4 is 5.97 Å². The van der Waals surface area contributed by atoms with E-state index in [1.807, 2.05) is 36.4 Å². The molecule has 0 N–H and O–H groups in total. The Morgan fingerprint density at radius 3 is 2.26 bits per heavy atom. The molecule has 0 aromatic heterocycles. The lowest BCUT2D eigenvalue weighted by molar-refractivity contribution is -0.153. The van der Waals surface area contributed by atoms with Crippen LogP contribution in [0.15, 0.2) is 72.5 Å². The van der Waals surface area contributed by atoms with E-state index in [0.717, 1.165) is 30.6 Å². The molecule has 3 rings (SSSR count). The monoisotopic (exact) mass is 365 g/mol. The molecule has 0 amide bonds. The van der Waals surface area contributed by atoms with Crippen molar-refractivity contribution in [3.8, 4) is 0 Å². The third-order valence-corrected chi connectivity index (χ3v) is 5.24. The summed E-state index contributed by atoms with van der Waals surface area (Å²) in [4.78, 5) is 15.4. The minimum atomic E-state index is -0.737. The van der Waals surface area contributed by atoms with Crippen molar-refractivity contribution in [3.05, 3.63) is 83.6 Å². The van der Waals surface area contributed by atoms with Gasteiger partial charge in [-0.05, 0) is 29.5 Å². The molecule has 1 unspecified atom stereocenters. The predicted molar refractivity (Wildman–Crippen MR) is 106 cm³/mol. The molecule has 4 nitrogen and oxygen atoms in total. The van der Waals surface area contributed by atoms with Gasteiger partial charge in [0.2, 0.25) is 0 Å². The van der Waals surface area contributed by atoms with E-state index in [2.05, 4.69) is 29.2 Å². The van der Waals surface area contributed by atoms with Gasteiger partial charge in [-0.1, -0.05) is 60.7 Å². The smallest absolute Gasteiger partial charge is 0.317 e. The first-order valence-corrected chi connectivity index (χ1v) is 9.29. The lowest BCUT2D eigenvalue weighted by atomic mass is 9.71. The Morgan fingerprint density at radius 1 is 1.04 bits per heavy atom. The maximum absolute atomic E-state index is 13.0.